The molecule has 1 aromatic carbocycles. The summed E-state index contributed by atoms with van der Waals surface area (Å²) >= 11 is 0. The summed E-state index contributed by atoms with van der Waals surface area (Å²) in [5, 5.41) is 0. The van der Waals surface area contributed by atoms with Crippen LogP contribution in [0.4, 0.5) is 0 Å². The first kappa shape index (κ1) is 21.5. The minimum atomic E-state index is -0.511. The number of ether oxygens (including phenoxy) is 3. The van der Waals surface area contributed by atoms with Gasteiger partial charge in [-0.05, 0) is 54.7 Å². The average molecular weight is 428 g/mol. The third-order valence-corrected chi connectivity index (χ3v) is 7.37. The van der Waals surface area contributed by atoms with Gasteiger partial charge in [-0.3, -0.25) is 19.2 Å². The van der Waals surface area contributed by atoms with Crippen molar-refractivity contribution >= 4 is 23.7 Å². The van der Waals surface area contributed by atoms with Crippen LogP contribution in [-0.2, 0) is 23.9 Å². The molecule has 0 aromatic heterocycles. The first-order chi connectivity index (χ1) is 14.6. The number of carbonyl (C=O) groups excluding carboxylic acids is 4. The quantitative estimate of drug-likeness (QED) is 0.536. The van der Waals surface area contributed by atoms with E-state index in [1.165, 1.54) is 20.8 Å². The number of fused-ring (bicyclic) bond motifs is 5. The molecule has 6 atom stereocenters. The molecule has 0 radical (unpaired) electrons. The molecule has 166 valence electrons. The molecule has 0 amide bonds. The zero-order chi connectivity index (χ0) is 22.5. The lowest BCUT2D eigenvalue weighted by Crippen LogP contribution is -2.47. The van der Waals surface area contributed by atoms with Crippen LogP contribution in [0.2, 0.25) is 0 Å². The largest absolute Gasteiger partial charge is 0.459 e. The van der Waals surface area contributed by atoms with E-state index in [-0.39, 0.29) is 29.0 Å². The molecule has 2 saturated carbocycles. The minimum Gasteiger partial charge on any atom is -0.459 e. The molecule has 3 aliphatic carbocycles. The predicted octanol–water partition coefficient (Wildman–Crippen LogP) is 3.58. The van der Waals surface area contributed by atoms with E-state index >= 15 is 0 Å². The van der Waals surface area contributed by atoms with E-state index in [9.17, 15) is 19.2 Å². The lowest BCUT2D eigenvalue weighted by Gasteiger charge is -2.49. The van der Waals surface area contributed by atoms with Gasteiger partial charge in [0.25, 0.3) is 0 Å². The van der Waals surface area contributed by atoms with E-state index in [2.05, 4.69) is 6.92 Å². The molecule has 3 aliphatic rings. The van der Waals surface area contributed by atoms with Crippen molar-refractivity contribution in [3.8, 4) is 5.75 Å². The maximum absolute atomic E-state index is 13.1. The molecular weight excluding hydrogens is 400 g/mol. The molecule has 1 aromatic rings. The molecule has 0 aliphatic heterocycles. The second-order valence-corrected chi connectivity index (χ2v) is 9.30. The number of Topliss-reactive ketones (excluding diaryl/α,β-unsaturated/α-hetero) is 1. The Morgan fingerprint density at radius 2 is 1.74 bits per heavy atom. The number of esters is 3. The maximum Gasteiger partial charge on any atom is 0.308 e. The monoisotopic (exact) mass is 428 g/mol. The molecular formula is C24H28O7. The maximum atomic E-state index is 13.1. The van der Waals surface area contributed by atoms with Gasteiger partial charge in [-0.2, -0.15) is 0 Å². The van der Waals surface area contributed by atoms with Crippen molar-refractivity contribution in [2.75, 3.05) is 0 Å². The topological polar surface area (TPSA) is 96.0 Å². The minimum absolute atomic E-state index is 0.0227. The average Bonchev–Trinajstić information content (AvgIpc) is 2.93. The number of ketones is 1. The zero-order valence-electron chi connectivity index (χ0n) is 18.3. The van der Waals surface area contributed by atoms with E-state index < -0.39 is 30.1 Å². The first-order valence-corrected chi connectivity index (χ1v) is 10.8. The van der Waals surface area contributed by atoms with Crippen LogP contribution < -0.4 is 4.74 Å². The molecule has 7 heteroatoms. The Morgan fingerprint density at radius 1 is 1.03 bits per heavy atom. The van der Waals surface area contributed by atoms with Crippen molar-refractivity contribution in [2.24, 2.45) is 17.3 Å². The summed E-state index contributed by atoms with van der Waals surface area (Å²) in [6, 6.07) is 5.30. The van der Waals surface area contributed by atoms with Gasteiger partial charge in [-0.25, -0.2) is 0 Å². The fraction of sp³-hybridized carbons (Fsp3) is 0.583. The molecule has 2 fully saturated rings. The van der Waals surface area contributed by atoms with Gasteiger partial charge in [-0.1, -0.05) is 13.0 Å². The molecule has 0 spiro atoms. The Kier molecular flexibility index (Phi) is 5.40. The second kappa shape index (κ2) is 7.77. The lowest BCUT2D eigenvalue weighted by atomic mass is 9.55. The molecule has 4 rings (SSSR count). The summed E-state index contributed by atoms with van der Waals surface area (Å²) in [5.74, 6) is -0.459. The standard InChI is InChI=1S/C24H28O7/c1-12(25)29-15-5-6-16-17-7-8-24(4)20(18(17)10-21(28)19(16)9-15)11-22(30-13(2)26)23(24)31-14(3)27/h5-6,9,17-18,20,22-23H,7-8,10-11H2,1-4H3/t17-,18-,20+,22+,23-,24+/m0/s1. The Bertz CT molecular complexity index is 951. The van der Waals surface area contributed by atoms with Crippen molar-refractivity contribution in [3.05, 3.63) is 29.3 Å². The molecule has 0 saturated heterocycles. The van der Waals surface area contributed by atoms with Crippen LogP contribution in [-0.4, -0.2) is 35.9 Å². The summed E-state index contributed by atoms with van der Waals surface area (Å²) < 4.78 is 16.4. The highest BCUT2D eigenvalue weighted by atomic mass is 16.6. The van der Waals surface area contributed by atoms with Gasteiger partial charge in [0, 0.05) is 38.2 Å². The van der Waals surface area contributed by atoms with Gasteiger partial charge in [0.15, 0.2) is 5.78 Å². The highest BCUT2D eigenvalue weighted by molar-refractivity contribution is 5.99. The third kappa shape index (κ3) is 3.75. The van der Waals surface area contributed by atoms with Crippen LogP contribution in [0.25, 0.3) is 0 Å². The zero-order valence-corrected chi connectivity index (χ0v) is 18.3. The van der Waals surface area contributed by atoms with Crippen LogP contribution in [0.3, 0.4) is 0 Å². The van der Waals surface area contributed by atoms with Crippen LogP contribution in [0, 0.1) is 17.3 Å². The van der Waals surface area contributed by atoms with Gasteiger partial charge in [0.2, 0.25) is 0 Å². The van der Waals surface area contributed by atoms with E-state index in [1.807, 2.05) is 6.07 Å². The van der Waals surface area contributed by atoms with Gasteiger partial charge in [-0.15, -0.1) is 0 Å². The molecule has 0 unspecified atom stereocenters. The smallest absolute Gasteiger partial charge is 0.308 e. The van der Waals surface area contributed by atoms with Crippen LogP contribution in [0.5, 0.6) is 5.75 Å². The Balaban J connectivity index is 1.67. The fourth-order valence-corrected chi connectivity index (χ4v) is 6.27. The lowest BCUT2D eigenvalue weighted by molar-refractivity contribution is -0.171. The van der Waals surface area contributed by atoms with E-state index in [4.69, 9.17) is 14.2 Å². The normalized spacial score (nSPS) is 33.5. The number of hydrogen-bond acceptors (Lipinski definition) is 7. The van der Waals surface area contributed by atoms with Gasteiger partial charge < -0.3 is 14.2 Å². The van der Waals surface area contributed by atoms with E-state index in [0.29, 0.717) is 24.2 Å². The van der Waals surface area contributed by atoms with Gasteiger partial charge >= 0.3 is 17.9 Å². The summed E-state index contributed by atoms with van der Waals surface area (Å²) in [7, 11) is 0. The van der Waals surface area contributed by atoms with Gasteiger partial charge in [0.1, 0.15) is 18.0 Å². The molecule has 7 nitrogen and oxygen atoms in total. The summed E-state index contributed by atoms with van der Waals surface area (Å²) in [6.07, 6.45) is 1.58. The Labute approximate surface area is 181 Å². The highest BCUT2D eigenvalue weighted by Crippen LogP contribution is 2.62. The van der Waals surface area contributed by atoms with E-state index in [0.717, 1.165) is 18.4 Å². The van der Waals surface area contributed by atoms with Crippen molar-refractivity contribution < 1.29 is 33.4 Å². The highest BCUT2D eigenvalue weighted by Gasteiger charge is 2.61. The molecule has 0 bridgehead atoms. The van der Waals surface area contributed by atoms with Crippen molar-refractivity contribution in [2.45, 2.75) is 71.5 Å². The van der Waals surface area contributed by atoms with E-state index in [1.54, 1.807) is 12.1 Å². The molecule has 0 heterocycles. The summed E-state index contributed by atoms with van der Waals surface area (Å²) in [4.78, 5) is 47.9. The van der Waals surface area contributed by atoms with Crippen molar-refractivity contribution in [1.29, 1.82) is 0 Å². The number of carbonyl (C=O) groups is 4. The predicted molar refractivity (Wildman–Crippen MR) is 109 cm³/mol. The molecule has 31 heavy (non-hydrogen) atoms. The Hall–Kier alpha value is -2.70. The van der Waals surface area contributed by atoms with Crippen LogP contribution >= 0.6 is 0 Å². The SMILES string of the molecule is CC(=O)Oc1ccc2c(c1)C(=O)C[C@@H]1[C@H]3C[C@@H](OC(C)=O)[C@H](OC(C)=O)[C@]3(C)CC[C@@H]21. The van der Waals surface area contributed by atoms with Crippen molar-refractivity contribution in [1.82, 2.24) is 0 Å². The Morgan fingerprint density at radius 3 is 2.39 bits per heavy atom. The summed E-state index contributed by atoms with van der Waals surface area (Å²) in [5.41, 5.74) is 1.25. The summed E-state index contributed by atoms with van der Waals surface area (Å²) in [6.45, 7) is 6.15. The van der Waals surface area contributed by atoms with Crippen LogP contribution in [0.1, 0.15) is 75.2 Å². The first-order valence-electron chi connectivity index (χ1n) is 10.8. The van der Waals surface area contributed by atoms with Gasteiger partial charge in [0.05, 0.1) is 0 Å². The fourth-order valence-electron chi connectivity index (χ4n) is 6.27. The number of benzene rings is 1. The van der Waals surface area contributed by atoms with Crippen LogP contribution in [0.15, 0.2) is 18.2 Å². The second-order valence-electron chi connectivity index (χ2n) is 9.30. The number of hydrogen-bond donors (Lipinski definition) is 0. The molecule has 0 N–H and O–H groups in total. The van der Waals surface area contributed by atoms with Crippen molar-refractivity contribution in [3.63, 3.8) is 0 Å². The number of rotatable bonds is 3. The third-order valence-electron chi connectivity index (χ3n) is 7.37.